The van der Waals surface area contributed by atoms with Crippen molar-refractivity contribution in [3.63, 3.8) is 0 Å². The Morgan fingerprint density at radius 3 is 2.11 bits per heavy atom. The lowest BCUT2D eigenvalue weighted by molar-refractivity contribution is 0.0107. The average molecular weight is 364 g/mol. The van der Waals surface area contributed by atoms with E-state index in [0.717, 1.165) is 34.8 Å². The number of hydrogen-bond donors (Lipinski definition) is 2. The number of anilines is 2. The maximum atomic E-state index is 12.8. The molecule has 4 fully saturated rings. The maximum absolute atomic E-state index is 12.8. The fourth-order valence-electron chi connectivity index (χ4n) is 6.28. The minimum Gasteiger partial charge on any atom is -0.378 e. The van der Waals surface area contributed by atoms with Crippen LogP contribution in [0.4, 0.5) is 11.4 Å². The summed E-state index contributed by atoms with van der Waals surface area (Å²) in [6, 6.07) is 12.1. The van der Waals surface area contributed by atoms with Crippen LogP contribution in [-0.4, -0.2) is 16.0 Å². The van der Waals surface area contributed by atoms with Crippen molar-refractivity contribution in [2.75, 3.05) is 10.6 Å². The number of carbonyl (C=O) groups excluding carboxylic acids is 1. The Labute approximate surface area is 161 Å². The average Bonchev–Trinajstić information content (AvgIpc) is 2.94. The van der Waals surface area contributed by atoms with Crippen LogP contribution in [0, 0.1) is 24.7 Å². The molecule has 0 unspecified atom stereocenters. The van der Waals surface area contributed by atoms with Gasteiger partial charge in [0.05, 0.1) is 11.4 Å². The Balaban J connectivity index is 1.39. The molecule has 1 aromatic heterocycles. The topological polar surface area (TPSA) is 46.1 Å². The quantitative estimate of drug-likeness (QED) is 0.806. The molecule has 1 heterocycles. The van der Waals surface area contributed by atoms with Gasteiger partial charge in [0.15, 0.2) is 0 Å². The van der Waals surface area contributed by atoms with E-state index >= 15 is 0 Å². The molecule has 27 heavy (non-hydrogen) atoms. The molecule has 4 bridgehead atoms. The summed E-state index contributed by atoms with van der Waals surface area (Å²) >= 11 is 0. The molecule has 142 valence electrons. The third-order valence-corrected chi connectivity index (χ3v) is 7.22. The largest absolute Gasteiger partial charge is 0.378 e. The number of para-hydroxylation sites is 2. The lowest BCUT2D eigenvalue weighted by Gasteiger charge is -2.57. The lowest BCUT2D eigenvalue weighted by Crippen LogP contribution is -2.54. The van der Waals surface area contributed by atoms with Gasteiger partial charge < -0.3 is 15.2 Å². The summed E-state index contributed by atoms with van der Waals surface area (Å²) in [7, 11) is 1.93. The maximum Gasteiger partial charge on any atom is 0.272 e. The number of aromatic nitrogens is 1. The van der Waals surface area contributed by atoms with Gasteiger partial charge in [-0.2, -0.15) is 0 Å². The lowest BCUT2D eigenvalue weighted by atomic mass is 9.53. The van der Waals surface area contributed by atoms with Gasteiger partial charge in [-0.3, -0.25) is 4.79 Å². The van der Waals surface area contributed by atoms with Crippen LogP contribution < -0.4 is 10.6 Å². The van der Waals surface area contributed by atoms with Gasteiger partial charge in [0, 0.05) is 18.3 Å². The second-order valence-corrected chi connectivity index (χ2v) is 9.24. The van der Waals surface area contributed by atoms with Gasteiger partial charge in [0.25, 0.3) is 5.91 Å². The number of carbonyl (C=O) groups is 1. The number of nitrogens with zero attached hydrogens (tertiary/aromatic N) is 1. The fourth-order valence-corrected chi connectivity index (χ4v) is 6.28. The van der Waals surface area contributed by atoms with Crippen molar-refractivity contribution in [1.82, 2.24) is 4.57 Å². The van der Waals surface area contributed by atoms with Crippen LogP contribution in [0.1, 0.15) is 54.7 Å². The van der Waals surface area contributed by atoms with E-state index in [-0.39, 0.29) is 11.4 Å². The highest BCUT2D eigenvalue weighted by Crippen LogP contribution is 2.56. The summed E-state index contributed by atoms with van der Waals surface area (Å²) in [6.07, 6.45) is 8.18. The molecule has 0 spiro atoms. The molecule has 0 radical (unpaired) electrons. The van der Waals surface area contributed by atoms with E-state index in [1.807, 2.05) is 42.8 Å². The van der Waals surface area contributed by atoms with Crippen molar-refractivity contribution in [3.8, 4) is 0 Å². The van der Waals surface area contributed by atoms with E-state index < -0.39 is 0 Å². The first kappa shape index (κ1) is 16.9. The summed E-state index contributed by atoms with van der Waals surface area (Å²) in [5, 5.41) is 7.05. The molecule has 1 amide bonds. The summed E-state index contributed by atoms with van der Waals surface area (Å²) < 4.78 is 1.93. The minimum atomic E-state index is -0.0506. The van der Waals surface area contributed by atoms with Gasteiger partial charge in [-0.15, -0.1) is 0 Å². The van der Waals surface area contributed by atoms with Gasteiger partial charge >= 0.3 is 0 Å². The monoisotopic (exact) mass is 363 g/mol. The number of rotatable bonds is 4. The van der Waals surface area contributed by atoms with Gasteiger partial charge in [0.2, 0.25) is 0 Å². The van der Waals surface area contributed by atoms with E-state index in [0.29, 0.717) is 5.69 Å². The molecule has 2 aromatic rings. The molecule has 4 aliphatic rings. The number of amides is 1. The standard InChI is InChI=1S/C23H29N3O/c1-15-7-8-21(26(15)2)22(27)24-19-5-3-4-6-20(19)25-23-12-16-9-17(13-23)11-18(10-16)14-23/h3-8,16-18,25H,9-14H2,1-2H3,(H,24,27). The number of benzene rings is 1. The van der Waals surface area contributed by atoms with Crippen molar-refractivity contribution in [2.24, 2.45) is 24.8 Å². The van der Waals surface area contributed by atoms with E-state index in [4.69, 9.17) is 0 Å². The van der Waals surface area contributed by atoms with E-state index in [1.54, 1.807) is 0 Å². The third-order valence-electron chi connectivity index (χ3n) is 7.22. The number of nitrogens with one attached hydrogen (secondary N) is 2. The SMILES string of the molecule is Cc1ccc(C(=O)Nc2ccccc2NC23CC4CC(CC(C4)C2)C3)n1C. The second-order valence-electron chi connectivity index (χ2n) is 9.24. The number of hydrogen-bond acceptors (Lipinski definition) is 2. The molecule has 6 rings (SSSR count). The summed E-state index contributed by atoms with van der Waals surface area (Å²) in [5.41, 5.74) is 3.96. The first-order chi connectivity index (χ1) is 13.0. The predicted molar refractivity (Wildman–Crippen MR) is 109 cm³/mol. The van der Waals surface area contributed by atoms with Crippen LogP contribution in [0.15, 0.2) is 36.4 Å². The van der Waals surface area contributed by atoms with E-state index in [1.165, 1.54) is 38.5 Å². The zero-order valence-corrected chi connectivity index (χ0v) is 16.3. The van der Waals surface area contributed by atoms with Crippen LogP contribution in [0.2, 0.25) is 0 Å². The van der Waals surface area contributed by atoms with Crippen LogP contribution >= 0.6 is 0 Å². The molecule has 4 saturated carbocycles. The zero-order chi connectivity index (χ0) is 18.6. The molecule has 0 aliphatic heterocycles. The molecule has 4 nitrogen and oxygen atoms in total. The first-order valence-corrected chi connectivity index (χ1v) is 10.3. The van der Waals surface area contributed by atoms with Gasteiger partial charge in [-0.05, 0) is 87.5 Å². The zero-order valence-electron chi connectivity index (χ0n) is 16.3. The smallest absolute Gasteiger partial charge is 0.272 e. The van der Waals surface area contributed by atoms with Gasteiger partial charge in [-0.1, -0.05) is 12.1 Å². The minimum absolute atomic E-state index is 0.0506. The van der Waals surface area contributed by atoms with Gasteiger partial charge in [0.1, 0.15) is 5.69 Å². The predicted octanol–water partition coefficient (Wildman–Crippen LogP) is 4.97. The molecule has 4 aliphatic carbocycles. The fraction of sp³-hybridized carbons (Fsp3) is 0.522. The first-order valence-electron chi connectivity index (χ1n) is 10.3. The molecule has 2 N–H and O–H groups in total. The summed E-state index contributed by atoms with van der Waals surface area (Å²) in [4.78, 5) is 12.8. The Hall–Kier alpha value is -2.23. The molecular formula is C23H29N3O. The van der Waals surface area contributed by atoms with Crippen LogP contribution in [0.3, 0.4) is 0 Å². The van der Waals surface area contributed by atoms with Crippen molar-refractivity contribution >= 4 is 17.3 Å². The molecule has 0 atom stereocenters. The normalized spacial score (nSPS) is 31.1. The van der Waals surface area contributed by atoms with Crippen molar-refractivity contribution in [2.45, 2.75) is 51.0 Å². The summed E-state index contributed by atoms with van der Waals surface area (Å²) in [6.45, 7) is 2.01. The summed E-state index contributed by atoms with van der Waals surface area (Å²) in [5.74, 6) is 2.65. The van der Waals surface area contributed by atoms with Crippen molar-refractivity contribution in [3.05, 3.63) is 47.8 Å². The van der Waals surface area contributed by atoms with Crippen LogP contribution in [0.5, 0.6) is 0 Å². The molecule has 0 saturated heterocycles. The molecular weight excluding hydrogens is 334 g/mol. The highest BCUT2D eigenvalue weighted by atomic mass is 16.1. The van der Waals surface area contributed by atoms with E-state index in [2.05, 4.69) is 22.8 Å². The Bertz CT molecular complexity index is 846. The van der Waals surface area contributed by atoms with E-state index in [9.17, 15) is 4.79 Å². The van der Waals surface area contributed by atoms with Crippen LogP contribution in [0.25, 0.3) is 0 Å². The van der Waals surface area contributed by atoms with Crippen LogP contribution in [-0.2, 0) is 7.05 Å². The Kier molecular flexibility index (Phi) is 3.85. The Morgan fingerprint density at radius 1 is 0.963 bits per heavy atom. The highest BCUT2D eigenvalue weighted by Gasteiger charge is 2.51. The number of aryl methyl sites for hydroxylation is 1. The molecule has 1 aromatic carbocycles. The Morgan fingerprint density at radius 2 is 1.56 bits per heavy atom. The highest BCUT2D eigenvalue weighted by molar-refractivity contribution is 6.05. The van der Waals surface area contributed by atoms with Crippen molar-refractivity contribution in [1.29, 1.82) is 0 Å². The molecule has 4 heteroatoms. The second kappa shape index (κ2) is 6.15. The van der Waals surface area contributed by atoms with Gasteiger partial charge in [-0.25, -0.2) is 0 Å². The van der Waals surface area contributed by atoms with Crippen molar-refractivity contribution < 1.29 is 4.79 Å². The third kappa shape index (κ3) is 2.95.